The molecule has 0 spiro atoms. The van der Waals surface area contributed by atoms with Crippen molar-refractivity contribution in [3.05, 3.63) is 30.6 Å². The Morgan fingerprint density at radius 1 is 1.77 bits per heavy atom. The van der Waals surface area contributed by atoms with Crippen molar-refractivity contribution in [2.24, 2.45) is 0 Å². The number of pyridine rings is 1. The first-order chi connectivity index (χ1) is 6.29. The Morgan fingerprint density at radius 3 is 3.15 bits per heavy atom. The summed E-state index contributed by atoms with van der Waals surface area (Å²) in [6, 6.07) is 5.48. The van der Waals surface area contributed by atoms with Gasteiger partial charge in [-0.1, -0.05) is 6.58 Å². The van der Waals surface area contributed by atoms with Gasteiger partial charge >= 0.3 is 0 Å². The quantitative estimate of drug-likeness (QED) is 0.658. The fraction of sp³-hybridized carbons (Fsp3) is 0.200. The van der Waals surface area contributed by atoms with Gasteiger partial charge in [-0.2, -0.15) is 5.26 Å². The third kappa shape index (κ3) is 2.06. The molecule has 0 radical (unpaired) electrons. The SMILES string of the molecule is C=C(C#N)c1ncccc1OCC. The zero-order chi connectivity index (χ0) is 9.68. The molecule has 1 heterocycles. The summed E-state index contributed by atoms with van der Waals surface area (Å²) in [5.74, 6) is 0.608. The van der Waals surface area contributed by atoms with E-state index in [1.54, 1.807) is 18.3 Å². The fourth-order valence-electron chi connectivity index (χ4n) is 0.942. The number of nitrogens with zero attached hydrogens (tertiary/aromatic N) is 2. The molecule has 0 bridgehead atoms. The second kappa shape index (κ2) is 4.27. The van der Waals surface area contributed by atoms with Crippen LogP contribution in [0, 0.1) is 11.3 Å². The average molecular weight is 174 g/mol. The first-order valence-electron chi connectivity index (χ1n) is 3.96. The van der Waals surface area contributed by atoms with Crippen LogP contribution in [0.1, 0.15) is 12.6 Å². The molecular formula is C10H10N2O. The highest BCUT2D eigenvalue weighted by Crippen LogP contribution is 2.21. The minimum atomic E-state index is 0.323. The summed E-state index contributed by atoms with van der Waals surface area (Å²) in [7, 11) is 0. The van der Waals surface area contributed by atoms with E-state index >= 15 is 0 Å². The minimum absolute atomic E-state index is 0.323. The molecule has 0 unspecified atom stereocenters. The van der Waals surface area contributed by atoms with E-state index in [9.17, 15) is 0 Å². The first-order valence-corrected chi connectivity index (χ1v) is 3.96. The molecule has 0 aliphatic carbocycles. The van der Waals surface area contributed by atoms with Crippen molar-refractivity contribution < 1.29 is 4.74 Å². The Hall–Kier alpha value is -1.82. The topological polar surface area (TPSA) is 45.9 Å². The van der Waals surface area contributed by atoms with E-state index in [4.69, 9.17) is 10.00 Å². The Labute approximate surface area is 77.3 Å². The summed E-state index contributed by atoms with van der Waals surface area (Å²) in [5.41, 5.74) is 0.843. The molecule has 0 aromatic carbocycles. The second-order valence-electron chi connectivity index (χ2n) is 2.37. The van der Waals surface area contributed by atoms with Crippen molar-refractivity contribution in [2.45, 2.75) is 6.92 Å². The maximum Gasteiger partial charge on any atom is 0.146 e. The standard InChI is InChI=1S/C10H10N2O/c1-3-13-9-5-4-6-12-10(9)8(2)7-11/h4-6H,2-3H2,1H3. The number of allylic oxidation sites excluding steroid dienone is 1. The van der Waals surface area contributed by atoms with E-state index in [1.165, 1.54) is 0 Å². The fourth-order valence-corrected chi connectivity index (χ4v) is 0.942. The zero-order valence-corrected chi connectivity index (χ0v) is 7.45. The number of ether oxygens (including phenoxy) is 1. The smallest absolute Gasteiger partial charge is 0.146 e. The number of nitriles is 1. The van der Waals surface area contributed by atoms with Crippen LogP contribution in [0.2, 0.25) is 0 Å². The Kier molecular flexibility index (Phi) is 3.04. The summed E-state index contributed by atoms with van der Waals surface area (Å²) in [4.78, 5) is 4.02. The van der Waals surface area contributed by atoms with Gasteiger partial charge in [-0.25, -0.2) is 0 Å². The van der Waals surface area contributed by atoms with E-state index in [-0.39, 0.29) is 0 Å². The number of hydrogen-bond donors (Lipinski definition) is 0. The van der Waals surface area contributed by atoms with Crippen molar-refractivity contribution in [2.75, 3.05) is 6.61 Å². The van der Waals surface area contributed by atoms with Crippen LogP contribution in [0.25, 0.3) is 5.57 Å². The molecule has 13 heavy (non-hydrogen) atoms. The molecule has 1 rings (SSSR count). The van der Waals surface area contributed by atoms with Crippen LogP contribution in [-0.4, -0.2) is 11.6 Å². The summed E-state index contributed by atoms with van der Waals surface area (Å²) in [6.07, 6.45) is 1.61. The summed E-state index contributed by atoms with van der Waals surface area (Å²) < 4.78 is 5.29. The van der Waals surface area contributed by atoms with Gasteiger partial charge in [-0.15, -0.1) is 0 Å². The van der Waals surface area contributed by atoms with Crippen LogP contribution < -0.4 is 4.74 Å². The van der Waals surface area contributed by atoms with Gasteiger partial charge in [0.05, 0.1) is 12.2 Å². The van der Waals surface area contributed by atoms with Gasteiger partial charge in [0.1, 0.15) is 17.5 Å². The summed E-state index contributed by atoms with van der Waals surface area (Å²) in [6.45, 7) is 6.02. The average Bonchev–Trinajstić information content (AvgIpc) is 2.18. The van der Waals surface area contributed by atoms with Crippen LogP contribution in [-0.2, 0) is 0 Å². The normalized spacial score (nSPS) is 8.92. The van der Waals surface area contributed by atoms with Gasteiger partial charge in [-0.05, 0) is 19.1 Å². The van der Waals surface area contributed by atoms with Crippen LogP contribution in [0.15, 0.2) is 24.9 Å². The van der Waals surface area contributed by atoms with Crippen molar-refractivity contribution >= 4 is 5.57 Å². The molecule has 0 fully saturated rings. The molecule has 1 aromatic heterocycles. The third-order valence-electron chi connectivity index (χ3n) is 1.49. The largest absolute Gasteiger partial charge is 0.492 e. The van der Waals surface area contributed by atoms with Gasteiger partial charge in [0, 0.05) is 6.20 Å². The lowest BCUT2D eigenvalue weighted by atomic mass is 10.2. The molecule has 3 nitrogen and oxygen atoms in total. The van der Waals surface area contributed by atoms with Crippen molar-refractivity contribution in [3.63, 3.8) is 0 Å². The molecule has 0 aliphatic rings. The van der Waals surface area contributed by atoms with E-state index in [0.29, 0.717) is 23.6 Å². The van der Waals surface area contributed by atoms with Crippen molar-refractivity contribution in [1.82, 2.24) is 4.98 Å². The van der Waals surface area contributed by atoms with Gasteiger partial charge in [0.25, 0.3) is 0 Å². The van der Waals surface area contributed by atoms with Crippen molar-refractivity contribution in [1.29, 1.82) is 5.26 Å². The Bertz CT molecular complexity index is 352. The molecular weight excluding hydrogens is 164 g/mol. The van der Waals surface area contributed by atoms with E-state index in [0.717, 1.165) is 0 Å². The molecule has 0 aliphatic heterocycles. The number of hydrogen-bond acceptors (Lipinski definition) is 3. The van der Waals surface area contributed by atoms with Gasteiger partial charge in [0.2, 0.25) is 0 Å². The molecule has 0 N–H and O–H groups in total. The van der Waals surface area contributed by atoms with E-state index in [1.807, 2.05) is 13.0 Å². The molecule has 66 valence electrons. The van der Waals surface area contributed by atoms with Crippen LogP contribution in [0.5, 0.6) is 5.75 Å². The van der Waals surface area contributed by atoms with E-state index < -0.39 is 0 Å². The van der Waals surface area contributed by atoms with E-state index in [2.05, 4.69) is 11.6 Å². The monoisotopic (exact) mass is 174 g/mol. The van der Waals surface area contributed by atoms with Crippen LogP contribution >= 0.6 is 0 Å². The highest BCUT2D eigenvalue weighted by atomic mass is 16.5. The predicted molar refractivity (Wildman–Crippen MR) is 50.1 cm³/mol. The molecule has 0 saturated heterocycles. The molecule has 3 heteroatoms. The number of rotatable bonds is 3. The number of aromatic nitrogens is 1. The Morgan fingerprint density at radius 2 is 2.54 bits per heavy atom. The van der Waals surface area contributed by atoms with Gasteiger partial charge in [-0.3, -0.25) is 4.98 Å². The Balaban J connectivity index is 3.06. The molecule has 1 aromatic rings. The zero-order valence-electron chi connectivity index (χ0n) is 7.45. The summed E-state index contributed by atoms with van der Waals surface area (Å²) in [5, 5.41) is 8.64. The molecule has 0 amide bonds. The molecule has 0 saturated carbocycles. The van der Waals surface area contributed by atoms with Crippen LogP contribution in [0.4, 0.5) is 0 Å². The third-order valence-corrected chi connectivity index (χ3v) is 1.49. The summed E-state index contributed by atoms with van der Waals surface area (Å²) >= 11 is 0. The highest BCUT2D eigenvalue weighted by Gasteiger charge is 2.06. The maximum atomic E-state index is 8.64. The first kappa shape index (κ1) is 9.27. The highest BCUT2D eigenvalue weighted by molar-refractivity contribution is 5.75. The van der Waals surface area contributed by atoms with Gasteiger partial charge < -0.3 is 4.74 Å². The van der Waals surface area contributed by atoms with Crippen molar-refractivity contribution in [3.8, 4) is 11.8 Å². The maximum absolute atomic E-state index is 8.64. The lowest BCUT2D eigenvalue weighted by molar-refractivity contribution is 0.338. The second-order valence-corrected chi connectivity index (χ2v) is 2.37. The molecule has 0 atom stereocenters. The lowest BCUT2D eigenvalue weighted by Crippen LogP contribution is -1.97. The lowest BCUT2D eigenvalue weighted by Gasteiger charge is -2.06. The van der Waals surface area contributed by atoms with Crippen LogP contribution in [0.3, 0.4) is 0 Å². The van der Waals surface area contributed by atoms with Gasteiger partial charge in [0.15, 0.2) is 0 Å². The minimum Gasteiger partial charge on any atom is -0.492 e. The predicted octanol–water partition coefficient (Wildman–Crippen LogP) is 2.02.